The fourth-order valence-corrected chi connectivity index (χ4v) is 3.42. The summed E-state index contributed by atoms with van der Waals surface area (Å²) in [6.45, 7) is 12.2. The fraction of sp³-hybridized carbons (Fsp3) is 0.609. The molecule has 2 rings (SSSR count). The maximum Gasteiger partial charge on any atom is 0.408 e. The first-order chi connectivity index (χ1) is 14.3. The molecular formula is C23H35N3O5. The number of ether oxygens (including phenoxy) is 2. The first-order valence-electron chi connectivity index (χ1n) is 10.5. The van der Waals surface area contributed by atoms with Crippen molar-refractivity contribution in [3.8, 4) is 0 Å². The normalized spacial score (nSPS) is 16.3. The molecule has 1 aliphatic rings. The summed E-state index contributed by atoms with van der Waals surface area (Å²) in [7, 11) is 1.28. The number of amides is 3. The molecule has 0 atom stereocenters. The Bertz CT molecular complexity index is 798. The number of esters is 1. The van der Waals surface area contributed by atoms with Crippen LogP contribution in [-0.4, -0.2) is 54.3 Å². The summed E-state index contributed by atoms with van der Waals surface area (Å²) < 4.78 is 10.2. The molecule has 3 amide bonds. The van der Waals surface area contributed by atoms with E-state index in [9.17, 15) is 14.4 Å². The van der Waals surface area contributed by atoms with Crippen molar-refractivity contribution < 1.29 is 23.9 Å². The van der Waals surface area contributed by atoms with Crippen molar-refractivity contribution in [3.05, 3.63) is 29.8 Å². The van der Waals surface area contributed by atoms with Gasteiger partial charge in [0, 0.05) is 18.8 Å². The van der Waals surface area contributed by atoms with E-state index in [1.54, 1.807) is 25.7 Å². The Labute approximate surface area is 184 Å². The minimum absolute atomic E-state index is 0.0355. The third-order valence-electron chi connectivity index (χ3n) is 5.22. The van der Waals surface area contributed by atoms with E-state index in [1.807, 2.05) is 24.3 Å². The Morgan fingerprint density at radius 3 is 1.97 bits per heavy atom. The number of rotatable bonds is 3. The summed E-state index contributed by atoms with van der Waals surface area (Å²) >= 11 is 0. The molecule has 0 aromatic heterocycles. The van der Waals surface area contributed by atoms with Gasteiger partial charge in [-0.15, -0.1) is 0 Å². The van der Waals surface area contributed by atoms with E-state index >= 15 is 0 Å². The van der Waals surface area contributed by atoms with E-state index in [1.165, 1.54) is 12.7 Å². The number of alkyl carbamates (subject to hydrolysis) is 1. The van der Waals surface area contributed by atoms with Crippen LogP contribution in [0.4, 0.5) is 15.3 Å². The zero-order valence-electron chi connectivity index (χ0n) is 19.6. The number of anilines is 1. The molecule has 0 saturated carbocycles. The SMILES string of the molecule is COC(=O)C1(NC(=O)OC(C)(C)C)CCN(C(=O)Nc2ccc(C(C)(C)C)cc2)CC1. The van der Waals surface area contributed by atoms with E-state index in [0.717, 1.165) is 0 Å². The zero-order chi connectivity index (χ0) is 23.4. The van der Waals surface area contributed by atoms with Gasteiger partial charge in [-0.1, -0.05) is 32.9 Å². The van der Waals surface area contributed by atoms with E-state index in [0.29, 0.717) is 5.69 Å². The minimum Gasteiger partial charge on any atom is -0.467 e. The van der Waals surface area contributed by atoms with Crippen LogP contribution in [0.5, 0.6) is 0 Å². The van der Waals surface area contributed by atoms with Gasteiger partial charge in [-0.2, -0.15) is 0 Å². The number of urea groups is 1. The molecule has 1 fully saturated rings. The summed E-state index contributed by atoms with van der Waals surface area (Å²) in [5.74, 6) is -0.545. The van der Waals surface area contributed by atoms with Gasteiger partial charge >= 0.3 is 18.1 Å². The van der Waals surface area contributed by atoms with E-state index in [-0.39, 0.29) is 37.4 Å². The summed E-state index contributed by atoms with van der Waals surface area (Å²) in [6, 6.07) is 7.51. The lowest BCUT2D eigenvalue weighted by Crippen LogP contribution is -2.61. The summed E-state index contributed by atoms with van der Waals surface area (Å²) in [6.07, 6.45) is -0.223. The molecule has 1 aliphatic heterocycles. The van der Waals surface area contributed by atoms with Crippen LogP contribution in [0.1, 0.15) is 59.9 Å². The van der Waals surface area contributed by atoms with Gasteiger partial charge < -0.3 is 25.0 Å². The number of hydrogen-bond donors (Lipinski definition) is 2. The third kappa shape index (κ3) is 6.60. The molecule has 0 bridgehead atoms. The fourth-order valence-electron chi connectivity index (χ4n) is 3.42. The molecule has 8 nitrogen and oxygen atoms in total. The Morgan fingerprint density at radius 1 is 0.968 bits per heavy atom. The highest BCUT2D eigenvalue weighted by Gasteiger charge is 2.45. The second-order valence-electron chi connectivity index (χ2n) is 9.95. The smallest absolute Gasteiger partial charge is 0.408 e. The maximum absolute atomic E-state index is 12.7. The van der Waals surface area contributed by atoms with Crippen molar-refractivity contribution in [1.29, 1.82) is 0 Å². The average molecular weight is 434 g/mol. The van der Waals surface area contributed by atoms with E-state index in [4.69, 9.17) is 9.47 Å². The van der Waals surface area contributed by atoms with Crippen molar-refractivity contribution in [1.82, 2.24) is 10.2 Å². The Morgan fingerprint density at radius 2 is 1.52 bits per heavy atom. The van der Waals surface area contributed by atoms with Gasteiger partial charge in [0.2, 0.25) is 0 Å². The van der Waals surface area contributed by atoms with Crippen molar-refractivity contribution in [2.45, 2.75) is 70.9 Å². The molecule has 0 aliphatic carbocycles. The lowest BCUT2D eigenvalue weighted by atomic mass is 9.87. The predicted molar refractivity (Wildman–Crippen MR) is 119 cm³/mol. The number of piperidine rings is 1. The molecule has 0 radical (unpaired) electrons. The number of nitrogens with one attached hydrogen (secondary N) is 2. The van der Waals surface area contributed by atoms with Crippen molar-refractivity contribution in [2.75, 3.05) is 25.5 Å². The van der Waals surface area contributed by atoms with Crippen LogP contribution in [0.3, 0.4) is 0 Å². The number of likely N-dealkylation sites (tertiary alicyclic amines) is 1. The Balaban J connectivity index is 2.01. The van der Waals surface area contributed by atoms with Gasteiger partial charge in [0.05, 0.1) is 7.11 Å². The van der Waals surface area contributed by atoms with Crippen LogP contribution in [0, 0.1) is 0 Å². The molecule has 1 aromatic carbocycles. The highest BCUT2D eigenvalue weighted by atomic mass is 16.6. The van der Waals surface area contributed by atoms with Crippen LogP contribution < -0.4 is 10.6 Å². The number of benzene rings is 1. The van der Waals surface area contributed by atoms with Gasteiger partial charge in [-0.3, -0.25) is 0 Å². The number of methoxy groups -OCH3 is 1. The van der Waals surface area contributed by atoms with Crippen LogP contribution >= 0.6 is 0 Å². The lowest BCUT2D eigenvalue weighted by Gasteiger charge is -2.40. The minimum atomic E-state index is -1.22. The first-order valence-corrected chi connectivity index (χ1v) is 10.5. The van der Waals surface area contributed by atoms with Gasteiger partial charge in [0.1, 0.15) is 11.1 Å². The molecule has 1 heterocycles. The second kappa shape index (κ2) is 9.16. The maximum atomic E-state index is 12.7. The van der Waals surface area contributed by atoms with Gasteiger partial charge in [-0.25, -0.2) is 14.4 Å². The zero-order valence-corrected chi connectivity index (χ0v) is 19.6. The molecule has 0 unspecified atom stereocenters. The number of carbonyl (C=O) groups excluding carboxylic acids is 3. The van der Waals surface area contributed by atoms with Crippen LogP contribution in [0.2, 0.25) is 0 Å². The van der Waals surface area contributed by atoms with Gasteiger partial charge in [0.15, 0.2) is 0 Å². The molecule has 1 saturated heterocycles. The first kappa shape index (κ1) is 24.5. The third-order valence-corrected chi connectivity index (χ3v) is 5.22. The predicted octanol–water partition coefficient (Wildman–Crippen LogP) is 4.05. The monoisotopic (exact) mass is 433 g/mol. The van der Waals surface area contributed by atoms with E-state index in [2.05, 4.69) is 31.4 Å². The summed E-state index contributed by atoms with van der Waals surface area (Å²) in [4.78, 5) is 39.0. The molecular weight excluding hydrogens is 398 g/mol. The summed E-state index contributed by atoms with van der Waals surface area (Å²) in [5.41, 5.74) is 0.00905. The number of hydrogen-bond acceptors (Lipinski definition) is 5. The highest BCUT2D eigenvalue weighted by Crippen LogP contribution is 2.26. The highest BCUT2D eigenvalue weighted by molar-refractivity contribution is 5.90. The summed E-state index contributed by atoms with van der Waals surface area (Å²) in [5, 5.41) is 5.57. The largest absolute Gasteiger partial charge is 0.467 e. The standard InChI is InChI=1S/C23H35N3O5/c1-21(2,3)16-8-10-17(11-9-16)24-19(28)26-14-12-23(13-15-26,18(27)30-7)25-20(29)31-22(4,5)6/h8-11H,12-15H2,1-7H3,(H,24,28)(H,25,29). The van der Waals surface area contributed by atoms with Crippen molar-refractivity contribution in [2.24, 2.45) is 0 Å². The lowest BCUT2D eigenvalue weighted by molar-refractivity contribution is -0.150. The Kier molecular flexibility index (Phi) is 7.24. The van der Waals surface area contributed by atoms with Gasteiger partial charge in [-0.05, 0) is 56.7 Å². The van der Waals surface area contributed by atoms with Crippen LogP contribution in [0.15, 0.2) is 24.3 Å². The molecule has 2 N–H and O–H groups in total. The topological polar surface area (TPSA) is 97.0 Å². The number of nitrogens with zero attached hydrogens (tertiary/aromatic N) is 1. The quantitative estimate of drug-likeness (QED) is 0.701. The molecule has 1 aromatic rings. The van der Waals surface area contributed by atoms with Crippen LogP contribution in [0.25, 0.3) is 0 Å². The van der Waals surface area contributed by atoms with Crippen LogP contribution in [-0.2, 0) is 19.7 Å². The molecule has 172 valence electrons. The van der Waals surface area contributed by atoms with Crippen molar-refractivity contribution >= 4 is 23.8 Å². The molecule has 0 spiro atoms. The molecule has 31 heavy (non-hydrogen) atoms. The molecule has 8 heteroatoms. The van der Waals surface area contributed by atoms with E-state index < -0.39 is 23.2 Å². The van der Waals surface area contributed by atoms with Gasteiger partial charge in [0.25, 0.3) is 0 Å². The Hall–Kier alpha value is -2.77. The average Bonchev–Trinajstić information content (AvgIpc) is 2.66. The second-order valence-corrected chi connectivity index (χ2v) is 9.95. The van der Waals surface area contributed by atoms with Crippen molar-refractivity contribution in [3.63, 3.8) is 0 Å². The number of carbonyl (C=O) groups is 3.